The molecule has 5 nitrogen and oxygen atoms in total. The number of rotatable bonds is 6. The van der Waals surface area contributed by atoms with Gasteiger partial charge in [-0.1, -0.05) is 44.4 Å². The van der Waals surface area contributed by atoms with E-state index in [0.717, 1.165) is 30.7 Å². The number of carbonyl (C=O) groups excluding carboxylic acids is 1. The average molecular weight is 264 g/mol. The van der Waals surface area contributed by atoms with Gasteiger partial charge < -0.3 is 5.11 Å². The van der Waals surface area contributed by atoms with Crippen LogP contribution in [0, 0.1) is 0 Å². The van der Waals surface area contributed by atoms with Crippen molar-refractivity contribution in [3.63, 3.8) is 0 Å². The molecule has 0 saturated carbocycles. The highest BCUT2D eigenvalue weighted by Gasteiger charge is 2.15. The van der Waals surface area contributed by atoms with Gasteiger partial charge in [0, 0.05) is 12.1 Å². The molecule has 0 heterocycles. The Hall–Kier alpha value is -2.04. The molecule has 2 amide bonds. The third-order valence-corrected chi connectivity index (χ3v) is 2.74. The fraction of sp³-hybridized carbons (Fsp3) is 0.429. The monoisotopic (exact) mass is 264 g/mol. The lowest BCUT2D eigenvalue weighted by molar-refractivity contribution is 0.0751. The lowest BCUT2D eigenvalue weighted by atomic mass is 10.2. The Kier molecular flexibility index (Phi) is 6.43. The number of hydrogen-bond acceptors (Lipinski definition) is 2. The SMILES string of the molecule is CCCCCCN(NC(=O)c1ccccc1)C(=O)O. The van der Waals surface area contributed by atoms with Crippen molar-refractivity contribution in [2.45, 2.75) is 32.6 Å². The zero-order chi connectivity index (χ0) is 14.1. The third kappa shape index (κ3) is 5.42. The Morgan fingerprint density at radius 1 is 1.16 bits per heavy atom. The van der Waals surface area contributed by atoms with Gasteiger partial charge in [0.15, 0.2) is 0 Å². The third-order valence-electron chi connectivity index (χ3n) is 2.74. The summed E-state index contributed by atoms with van der Waals surface area (Å²) in [6.07, 6.45) is 2.72. The first kappa shape index (κ1) is 15.0. The number of carboxylic acid groups (broad SMARTS) is 1. The Labute approximate surface area is 113 Å². The predicted molar refractivity (Wildman–Crippen MR) is 72.8 cm³/mol. The molecule has 19 heavy (non-hydrogen) atoms. The Morgan fingerprint density at radius 2 is 1.84 bits per heavy atom. The van der Waals surface area contributed by atoms with E-state index in [2.05, 4.69) is 12.3 Å². The predicted octanol–water partition coefficient (Wildman–Crippen LogP) is 2.89. The molecule has 0 aliphatic carbocycles. The summed E-state index contributed by atoms with van der Waals surface area (Å²) in [5.41, 5.74) is 2.85. The number of benzene rings is 1. The highest BCUT2D eigenvalue weighted by Crippen LogP contribution is 2.02. The molecule has 0 aliphatic heterocycles. The van der Waals surface area contributed by atoms with Crippen LogP contribution in [0.25, 0.3) is 0 Å². The minimum Gasteiger partial charge on any atom is -0.464 e. The highest BCUT2D eigenvalue weighted by molar-refractivity contribution is 5.94. The van der Waals surface area contributed by atoms with Crippen LogP contribution in [-0.4, -0.2) is 28.7 Å². The number of hydrogen-bond donors (Lipinski definition) is 2. The summed E-state index contributed by atoms with van der Waals surface area (Å²) in [5, 5.41) is 9.99. The van der Waals surface area contributed by atoms with E-state index in [4.69, 9.17) is 5.11 Å². The Morgan fingerprint density at radius 3 is 2.42 bits per heavy atom. The van der Waals surface area contributed by atoms with Gasteiger partial charge in [-0.2, -0.15) is 0 Å². The number of unbranched alkanes of at least 4 members (excludes halogenated alkanes) is 3. The fourth-order valence-corrected chi connectivity index (χ4v) is 1.67. The number of amides is 2. The maximum atomic E-state index is 11.8. The molecule has 1 aromatic rings. The van der Waals surface area contributed by atoms with Crippen molar-refractivity contribution in [2.24, 2.45) is 0 Å². The average Bonchev–Trinajstić information content (AvgIpc) is 2.42. The van der Waals surface area contributed by atoms with E-state index in [1.54, 1.807) is 30.3 Å². The van der Waals surface area contributed by atoms with Gasteiger partial charge in [-0.15, -0.1) is 0 Å². The zero-order valence-electron chi connectivity index (χ0n) is 11.1. The molecular weight excluding hydrogens is 244 g/mol. The molecule has 0 atom stereocenters. The number of nitrogens with one attached hydrogen (secondary N) is 1. The zero-order valence-corrected chi connectivity index (χ0v) is 11.1. The van der Waals surface area contributed by atoms with Gasteiger partial charge in [-0.05, 0) is 18.6 Å². The maximum absolute atomic E-state index is 11.8. The maximum Gasteiger partial charge on any atom is 0.426 e. The van der Waals surface area contributed by atoms with Crippen molar-refractivity contribution >= 4 is 12.0 Å². The quantitative estimate of drug-likeness (QED) is 0.613. The molecular formula is C14H20N2O3. The molecule has 0 radical (unpaired) electrons. The summed E-state index contributed by atoms with van der Waals surface area (Å²) in [6.45, 7) is 2.40. The Balaban J connectivity index is 2.49. The van der Waals surface area contributed by atoms with E-state index in [1.165, 1.54) is 0 Å². The highest BCUT2D eigenvalue weighted by atomic mass is 16.4. The van der Waals surface area contributed by atoms with E-state index < -0.39 is 12.0 Å². The van der Waals surface area contributed by atoms with Gasteiger partial charge in [0.25, 0.3) is 5.91 Å². The second kappa shape index (κ2) is 8.13. The van der Waals surface area contributed by atoms with Crippen LogP contribution in [0.4, 0.5) is 4.79 Å². The van der Waals surface area contributed by atoms with Crippen LogP contribution < -0.4 is 5.43 Å². The summed E-state index contributed by atoms with van der Waals surface area (Å²) in [5.74, 6) is -0.404. The van der Waals surface area contributed by atoms with E-state index >= 15 is 0 Å². The first-order valence-electron chi connectivity index (χ1n) is 6.51. The molecule has 0 aliphatic rings. The van der Waals surface area contributed by atoms with Crippen LogP contribution in [0.1, 0.15) is 43.0 Å². The molecule has 1 rings (SSSR count). The standard InChI is InChI=1S/C14H20N2O3/c1-2-3-4-8-11-16(14(18)19)15-13(17)12-9-6-5-7-10-12/h5-7,9-10H,2-4,8,11H2,1H3,(H,15,17)(H,18,19). The summed E-state index contributed by atoms with van der Waals surface area (Å²) >= 11 is 0. The van der Waals surface area contributed by atoms with Gasteiger partial charge in [-0.25, -0.2) is 9.80 Å². The molecule has 0 saturated heterocycles. The largest absolute Gasteiger partial charge is 0.464 e. The molecule has 0 aromatic heterocycles. The molecule has 2 N–H and O–H groups in total. The summed E-state index contributed by atoms with van der Waals surface area (Å²) in [6, 6.07) is 8.57. The minimum atomic E-state index is -1.14. The van der Waals surface area contributed by atoms with Crippen molar-refractivity contribution in [3.05, 3.63) is 35.9 Å². The summed E-state index contributed by atoms with van der Waals surface area (Å²) in [4.78, 5) is 22.9. The van der Waals surface area contributed by atoms with E-state index in [9.17, 15) is 9.59 Å². The number of carbonyl (C=O) groups is 2. The van der Waals surface area contributed by atoms with Gasteiger partial charge >= 0.3 is 6.09 Å². The molecule has 1 aromatic carbocycles. The van der Waals surface area contributed by atoms with Crippen molar-refractivity contribution < 1.29 is 14.7 Å². The molecule has 0 spiro atoms. The summed E-state index contributed by atoms with van der Waals surface area (Å²) in [7, 11) is 0. The lowest BCUT2D eigenvalue weighted by Crippen LogP contribution is -2.46. The van der Waals surface area contributed by atoms with Crippen LogP contribution in [0.3, 0.4) is 0 Å². The van der Waals surface area contributed by atoms with Gasteiger partial charge in [-0.3, -0.25) is 10.2 Å². The van der Waals surface area contributed by atoms with Crippen LogP contribution in [0.5, 0.6) is 0 Å². The first-order chi connectivity index (χ1) is 9.15. The van der Waals surface area contributed by atoms with Crippen LogP contribution in [-0.2, 0) is 0 Å². The molecule has 5 heteroatoms. The topological polar surface area (TPSA) is 69.6 Å². The normalized spacial score (nSPS) is 9.95. The number of hydrazine groups is 1. The Bertz CT molecular complexity index is 406. The smallest absolute Gasteiger partial charge is 0.426 e. The number of nitrogens with zero attached hydrogens (tertiary/aromatic N) is 1. The molecule has 0 fully saturated rings. The van der Waals surface area contributed by atoms with E-state index in [-0.39, 0.29) is 0 Å². The first-order valence-corrected chi connectivity index (χ1v) is 6.51. The molecule has 0 unspecified atom stereocenters. The van der Waals surface area contributed by atoms with Crippen molar-refractivity contribution in [1.82, 2.24) is 10.4 Å². The molecule has 0 bridgehead atoms. The van der Waals surface area contributed by atoms with Crippen molar-refractivity contribution in [2.75, 3.05) is 6.54 Å². The van der Waals surface area contributed by atoms with Gasteiger partial charge in [0.05, 0.1) is 0 Å². The van der Waals surface area contributed by atoms with Crippen LogP contribution in [0.2, 0.25) is 0 Å². The van der Waals surface area contributed by atoms with Crippen molar-refractivity contribution in [3.8, 4) is 0 Å². The minimum absolute atomic E-state index is 0.313. The van der Waals surface area contributed by atoms with Gasteiger partial charge in [0.2, 0.25) is 0 Å². The van der Waals surface area contributed by atoms with E-state index in [0.29, 0.717) is 12.1 Å². The second-order valence-electron chi connectivity index (χ2n) is 4.30. The lowest BCUT2D eigenvalue weighted by Gasteiger charge is -2.19. The molecule has 104 valence electrons. The summed E-state index contributed by atoms with van der Waals surface area (Å²) < 4.78 is 0. The fourth-order valence-electron chi connectivity index (χ4n) is 1.67. The van der Waals surface area contributed by atoms with Gasteiger partial charge in [0.1, 0.15) is 0 Å². The van der Waals surface area contributed by atoms with Crippen LogP contribution >= 0.6 is 0 Å². The second-order valence-corrected chi connectivity index (χ2v) is 4.30. The van der Waals surface area contributed by atoms with Crippen LogP contribution in [0.15, 0.2) is 30.3 Å². The van der Waals surface area contributed by atoms with E-state index in [1.807, 2.05) is 0 Å². The van der Waals surface area contributed by atoms with Crippen molar-refractivity contribution in [1.29, 1.82) is 0 Å².